The van der Waals surface area contributed by atoms with Gasteiger partial charge in [0.15, 0.2) is 0 Å². The average Bonchev–Trinajstić information content (AvgIpc) is 3.09. The minimum absolute atomic E-state index is 0.0453. The number of H-pyrrole nitrogens is 1. The van der Waals surface area contributed by atoms with Crippen molar-refractivity contribution in [2.45, 2.75) is 52.9 Å². The van der Waals surface area contributed by atoms with Crippen molar-refractivity contribution >= 4 is 32.8 Å². The first-order chi connectivity index (χ1) is 13.3. The summed E-state index contributed by atoms with van der Waals surface area (Å²) >= 11 is 3.66. The Morgan fingerprint density at radius 3 is 2.86 bits per heavy atom. The van der Waals surface area contributed by atoms with Crippen molar-refractivity contribution < 1.29 is 9.53 Å². The van der Waals surface area contributed by atoms with E-state index in [9.17, 15) is 4.79 Å². The highest BCUT2D eigenvalue weighted by Gasteiger charge is 2.53. The fraction of sp³-hybridized carbons (Fsp3) is 0.542. The molecule has 1 saturated carbocycles. The summed E-state index contributed by atoms with van der Waals surface area (Å²) in [6, 6.07) is 6.39. The number of hydrogen-bond acceptors (Lipinski definition) is 2. The number of benzene rings is 1. The maximum absolute atomic E-state index is 12.7. The second-order valence-corrected chi connectivity index (χ2v) is 10.1. The highest BCUT2D eigenvalue weighted by atomic mass is 79.9. The number of halogens is 1. The summed E-state index contributed by atoms with van der Waals surface area (Å²) in [5.41, 5.74) is 3.66. The first kappa shape index (κ1) is 19.8. The van der Waals surface area contributed by atoms with Gasteiger partial charge in [-0.25, -0.2) is 0 Å². The van der Waals surface area contributed by atoms with Crippen LogP contribution in [0.3, 0.4) is 0 Å². The second-order valence-electron chi connectivity index (χ2n) is 9.21. The van der Waals surface area contributed by atoms with Crippen LogP contribution in [0.2, 0.25) is 0 Å². The summed E-state index contributed by atoms with van der Waals surface area (Å²) in [6.45, 7) is 6.91. The molecular formula is C24H30BrNO2. The first-order valence-electron chi connectivity index (χ1n) is 10.3. The highest BCUT2D eigenvalue weighted by molar-refractivity contribution is 9.10. The minimum atomic E-state index is -0.399. The molecule has 1 aromatic carbocycles. The van der Waals surface area contributed by atoms with Crippen LogP contribution in [-0.4, -0.2) is 18.1 Å². The lowest BCUT2D eigenvalue weighted by Gasteiger charge is -2.52. The fourth-order valence-corrected chi connectivity index (χ4v) is 6.26. The van der Waals surface area contributed by atoms with Gasteiger partial charge in [0, 0.05) is 16.1 Å². The number of hydrogen-bond donors (Lipinski definition) is 1. The number of carbonyl (C=O) groups is 1. The van der Waals surface area contributed by atoms with E-state index in [0.29, 0.717) is 5.92 Å². The molecule has 0 amide bonds. The lowest BCUT2D eigenvalue weighted by molar-refractivity contribution is -0.156. The van der Waals surface area contributed by atoms with E-state index in [1.165, 1.54) is 23.6 Å². The third-order valence-corrected chi connectivity index (χ3v) is 8.43. The second kappa shape index (κ2) is 7.05. The van der Waals surface area contributed by atoms with Gasteiger partial charge in [-0.15, -0.1) is 0 Å². The molecule has 1 heterocycles. The van der Waals surface area contributed by atoms with Crippen molar-refractivity contribution in [1.29, 1.82) is 0 Å². The monoisotopic (exact) mass is 443 g/mol. The van der Waals surface area contributed by atoms with Crippen molar-refractivity contribution in [2.24, 2.45) is 22.7 Å². The van der Waals surface area contributed by atoms with Crippen LogP contribution in [0, 0.1) is 22.7 Å². The molecule has 0 unspecified atom stereocenters. The van der Waals surface area contributed by atoms with Crippen LogP contribution < -0.4 is 0 Å². The molecule has 1 N–H and O–H groups in total. The Hall–Kier alpha value is -1.55. The van der Waals surface area contributed by atoms with Gasteiger partial charge in [-0.3, -0.25) is 4.79 Å². The zero-order chi connectivity index (χ0) is 20.1. The zero-order valence-corrected chi connectivity index (χ0v) is 18.9. The molecule has 0 spiro atoms. The predicted octanol–water partition coefficient (Wildman–Crippen LogP) is 6.42. The number of allylic oxidation sites excluding steroid dienone is 2. The number of aromatic nitrogens is 1. The van der Waals surface area contributed by atoms with Gasteiger partial charge in [0.1, 0.15) is 0 Å². The number of aromatic amines is 1. The summed E-state index contributed by atoms with van der Waals surface area (Å²) in [7, 11) is 1.53. The van der Waals surface area contributed by atoms with Crippen LogP contribution in [-0.2, 0) is 16.0 Å². The molecule has 0 bridgehead atoms. The van der Waals surface area contributed by atoms with Crippen molar-refractivity contribution in [3.8, 4) is 0 Å². The number of para-hydroxylation sites is 1. The van der Waals surface area contributed by atoms with Crippen molar-refractivity contribution in [1.82, 2.24) is 4.98 Å². The molecule has 2 aliphatic rings. The Labute approximate surface area is 176 Å². The minimum Gasteiger partial charge on any atom is -0.469 e. The fourth-order valence-electron chi connectivity index (χ4n) is 5.78. The Morgan fingerprint density at radius 1 is 1.32 bits per heavy atom. The highest BCUT2D eigenvalue weighted by Crippen LogP contribution is 2.58. The van der Waals surface area contributed by atoms with Crippen LogP contribution in [0.15, 0.2) is 40.5 Å². The van der Waals surface area contributed by atoms with Crippen LogP contribution in [0.25, 0.3) is 10.9 Å². The largest absolute Gasteiger partial charge is 0.469 e. The smallest absolute Gasteiger partial charge is 0.312 e. The van der Waals surface area contributed by atoms with Crippen LogP contribution in [0.4, 0.5) is 0 Å². The van der Waals surface area contributed by atoms with E-state index in [1.54, 1.807) is 0 Å². The van der Waals surface area contributed by atoms with E-state index in [-0.39, 0.29) is 17.3 Å². The topological polar surface area (TPSA) is 42.1 Å². The van der Waals surface area contributed by atoms with Gasteiger partial charge >= 0.3 is 5.97 Å². The molecule has 3 nitrogen and oxygen atoms in total. The molecule has 1 fully saturated rings. The number of fused-ring (bicyclic) bond motifs is 2. The molecule has 0 radical (unpaired) electrons. The number of methoxy groups -OCH3 is 1. The normalized spacial score (nSPS) is 32.7. The Kier molecular flexibility index (Phi) is 4.97. The van der Waals surface area contributed by atoms with Crippen molar-refractivity contribution in [2.75, 3.05) is 7.11 Å². The Bertz CT molecular complexity index is 945. The molecule has 28 heavy (non-hydrogen) atoms. The Morgan fingerprint density at radius 2 is 2.11 bits per heavy atom. The van der Waals surface area contributed by atoms with E-state index in [0.717, 1.165) is 42.1 Å². The van der Waals surface area contributed by atoms with E-state index >= 15 is 0 Å². The molecule has 1 aromatic heterocycles. The van der Waals surface area contributed by atoms with Gasteiger partial charge in [0.2, 0.25) is 0 Å². The molecule has 0 saturated heterocycles. The Balaban J connectivity index is 1.75. The maximum Gasteiger partial charge on any atom is 0.312 e. The van der Waals surface area contributed by atoms with E-state index in [2.05, 4.69) is 72.2 Å². The maximum atomic E-state index is 12.7. The number of ether oxygens (including phenoxy) is 1. The third kappa shape index (κ3) is 2.87. The standard InChI is InChI=1S/C24H30BrNO2/c1-15-10-11-19-18(8-6-12-23(19,2)22(27)28-4)24(15,3)13-16-14-26-21-17(16)7-5-9-20(21)25/h5,7-9,14-15,19,26H,6,10-13H2,1-4H3/t15-,19+,23+,24+/m1/s1. The van der Waals surface area contributed by atoms with Gasteiger partial charge < -0.3 is 9.72 Å². The van der Waals surface area contributed by atoms with Gasteiger partial charge in [-0.05, 0) is 83.8 Å². The lowest BCUT2D eigenvalue weighted by atomic mass is 9.51. The van der Waals surface area contributed by atoms with Crippen LogP contribution in [0.1, 0.15) is 52.0 Å². The number of esters is 1. The van der Waals surface area contributed by atoms with Crippen molar-refractivity contribution in [3.63, 3.8) is 0 Å². The molecule has 2 aliphatic carbocycles. The van der Waals surface area contributed by atoms with E-state index in [4.69, 9.17) is 4.74 Å². The third-order valence-electron chi connectivity index (χ3n) is 7.77. The van der Waals surface area contributed by atoms with Gasteiger partial charge in [-0.1, -0.05) is 37.6 Å². The molecule has 4 rings (SSSR count). The van der Waals surface area contributed by atoms with Gasteiger partial charge in [0.25, 0.3) is 0 Å². The van der Waals surface area contributed by atoms with Crippen LogP contribution >= 0.6 is 15.9 Å². The number of carbonyl (C=O) groups excluding carboxylic acids is 1. The molecule has 150 valence electrons. The van der Waals surface area contributed by atoms with Gasteiger partial charge in [-0.2, -0.15) is 0 Å². The molecule has 4 heteroatoms. The summed E-state index contributed by atoms with van der Waals surface area (Å²) < 4.78 is 6.34. The van der Waals surface area contributed by atoms with Crippen LogP contribution in [0.5, 0.6) is 0 Å². The number of rotatable bonds is 3. The summed E-state index contributed by atoms with van der Waals surface area (Å²) in [6.07, 6.45) is 9.67. The molecule has 2 aromatic rings. The quantitative estimate of drug-likeness (QED) is 0.438. The first-order valence-corrected chi connectivity index (χ1v) is 11.1. The molecule has 0 aliphatic heterocycles. The summed E-state index contributed by atoms with van der Waals surface area (Å²) in [4.78, 5) is 16.2. The summed E-state index contributed by atoms with van der Waals surface area (Å²) in [5, 5.41) is 1.29. The summed E-state index contributed by atoms with van der Waals surface area (Å²) in [5.74, 6) is 0.815. The van der Waals surface area contributed by atoms with Gasteiger partial charge in [0.05, 0.1) is 18.0 Å². The molecular weight excluding hydrogens is 414 g/mol. The number of nitrogens with one attached hydrogen (secondary N) is 1. The zero-order valence-electron chi connectivity index (χ0n) is 17.3. The van der Waals surface area contributed by atoms with E-state index < -0.39 is 5.41 Å². The average molecular weight is 444 g/mol. The van der Waals surface area contributed by atoms with Crippen molar-refractivity contribution in [3.05, 3.63) is 46.1 Å². The molecule has 4 atom stereocenters. The SMILES string of the molecule is COC(=O)[C@@]1(C)CCC=C2[C@@H]1CC[C@@H](C)[C@]2(C)Cc1c[nH]c2c(Br)cccc12. The van der Waals surface area contributed by atoms with E-state index in [1.807, 2.05) is 0 Å². The predicted molar refractivity (Wildman–Crippen MR) is 117 cm³/mol. The lowest BCUT2D eigenvalue weighted by Crippen LogP contribution is -2.48.